The molecule has 12 heavy (non-hydrogen) atoms. The molecule has 0 radical (unpaired) electrons. The number of aromatic nitrogens is 1. The second kappa shape index (κ2) is 5.71. The molecule has 1 aromatic rings. The fraction of sp³-hybridized carbons (Fsp3) is 0.250. The highest BCUT2D eigenvalue weighted by Gasteiger charge is 1.84. The topological polar surface area (TPSA) is 34.5 Å². The Morgan fingerprint density at radius 2 is 2.42 bits per heavy atom. The Balaban J connectivity index is 0.000000127. The lowest BCUT2D eigenvalue weighted by Gasteiger charge is -1.80. The molecular formula is C8H9BrN2O. The number of halogens is 1. The van der Waals surface area contributed by atoms with E-state index < -0.39 is 0 Å². The predicted octanol–water partition coefficient (Wildman–Crippen LogP) is 1.89. The van der Waals surface area contributed by atoms with Gasteiger partial charge in [0.05, 0.1) is 6.54 Å². The lowest BCUT2D eigenvalue weighted by molar-refractivity contribution is 0.361. The summed E-state index contributed by atoms with van der Waals surface area (Å²) >= 11 is 3.25. The third-order valence-corrected chi connectivity index (χ3v) is 1.58. The van der Waals surface area contributed by atoms with E-state index in [9.17, 15) is 0 Å². The Bertz CT molecular complexity index is 232. The molecule has 0 fully saturated rings. The van der Waals surface area contributed by atoms with Crippen LogP contribution in [0.5, 0.6) is 0 Å². The summed E-state index contributed by atoms with van der Waals surface area (Å²) in [6, 6.07) is 3.82. The van der Waals surface area contributed by atoms with E-state index in [1.807, 2.05) is 12.1 Å². The molecular weight excluding hydrogens is 220 g/mol. The minimum absolute atomic E-state index is 0.778. The standard InChI is InChI=1S/C5H4BrN.C3H5NO/c6-5-2-1-3-7-4-5;1-2-5-3-4-1/h1-4H;3H,1-2H2. The zero-order valence-electron chi connectivity index (χ0n) is 6.48. The van der Waals surface area contributed by atoms with Gasteiger partial charge in [-0.1, -0.05) is 0 Å². The molecule has 0 atom stereocenters. The van der Waals surface area contributed by atoms with Gasteiger partial charge in [-0.05, 0) is 28.1 Å². The van der Waals surface area contributed by atoms with Crippen LogP contribution >= 0.6 is 15.9 Å². The van der Waals surface area contributed by atoms with Crippen molar-refractivity contribution >= 4 is 22.3 Å². The van der Waals surface area contributed by atoms with E-state index >= 15 is 0 Å². The molecule has 64 valence electrons. The summed E-state index contributed by atoms with van der Waals surface area (Å²) in [7, 11) is 0. The van der Waals surface area contributed by atoms with Crippen LogP contribution in [0.3, 0.4) is 0 Å². The van der Waals surface area contributed by atoms with Crippen molar-refractivity contribution in [1.29, 1.82) is 0 Å². The maximum absolute atomic E-state index is 4.65. The van der Waals surface area contributed by atoms with Gasteiger partial charge in [0.2, 0.25) is 0 Å². The van der Waals surface area contributed by atoms with Crippen LogP contribution in [-0.2, 0) is 4.74 Å². The summed E-state index contributed by atoms with van der Waals surface area (Å²) < 4.78 is 5.68. The maximum Gasteiger partial charge on any atom is 0.169 e. The molecule has 0 bridgehead atoms. The van der Waals surface area contributed by atoms with Crippen molar-refractivity contribution in [2.75, 3.05) is 13.2 Å². The van der Waals surface area contributed by atoms with Crippen molar-refractivity contribution in [3.63, 3.8) is 0 Å². The minimum atomic E-state index is 0.778. The molecule has 4 heteroatoms. The smallest absolute Gasteiger partial charge is 0.169 e. The fourth-order valence-electron chi connectivity index (χ4n) is 0.605. The highest BCUT2D eigenvalue weighted by atomic mass is 79.9. The van der Waals surface area contributed by atoms with Gasteiger partial charge < -0.3 is 4.74 Å². The average molecular weight is 229 g/mol. The number of hydrogen-bond acceptors (Lipinski definition) is 3. The third-order valence-electron chi connectivity index (χ3n) is 1.11. The van der Waals surface area contributed by atoms with Crippen LogP contribution in [0.1, 0.15) is 0 Å². The molecule has 0 saturated heterocycles. The van der Waals surface area contributed by atoms with Crippen LogP contribution in [0.25, 0.3) is 0 Å². The molecule has 3 nitrogen and oxygen atoms in total. The summed E-state index contributed by atoms with van der Waals surface area (Å²) in [5.74, 6) is 0. The predicted molar refractivity (Wildman–Crippen MR) is 51.2 cm³/mol. The number of aliphatic imine (C=N–C) groups is 1. The molecule has 0 aliphatic carbocycles. The van der Waals surface area contributed by atoms with Gasteiger partial charge in [-0.3, -0.25) is 9.98 Å². The zero-order valence-corrected chi connectivity index (χ0v) is 8.07. The summed E-state index contributed by atoms with van der Waals surface area (Å²) in [5.41, 5.74) is 0. The zero-order chi connectivity index (χ0) is 8.65. The van der Waals surface area contributed by atoms with E-state index in [1.54, 1.807) is 12.4 Å². The van der Waals surface area contributed by atoms with Gasteiger partial charge in [0, 0.05) is 16.9 Å². The van der Waals surface area contributed by atoms with Crippen molar-refractivity contribution in [2.45, 2.75) is 0 Å². The van der Waals surface area contributed by atoms with E-state index in [0.29, 0.717) is 0 Å². The molecule has 1 aromatic heterocycles. The van der Waals surface area contributed by atoms with Crippen LogP contribution in [0.15, 0.2) is 34.0 Å². The van der Waals surface area contributed by atoms with Gasteiger partial charge in [0.15, 0.2) is 6.40 Å². The first-order valence-corrected chi connectivity index (χ1v) is 4.34. The second-order valence-electron chi connectivity index (χ2n) is 2.05. The molecule has 1 aliphatic heterocycles. The normalized spacial score (nSPS) is 13.1. The molecule has 1 aliphatic rings. The lowest BCUT2D eigenvalue weighted by Crippen LogP contribution is -1.80. The number of ether oxygens (including phenoxy) is 1. The molecule has 2 heterocycles. The monoisotopic (exact) mass is 228 g/mol. The van der Waals surface area contributed by atoms with Crippen LogP contribution in [0.4, 0.5) is 0 Å². The quantitative estimate of drug-likeness (QED) is 0.680. The molecule has 0 unspecified atom stereocenters. The number of hydrogen-bond donors (Lipinski definition) is 0. The Morgan fingerprint density at radius 3 is 2.67 bits per heavy atom. The van der Waals surface area contributed by atoms with Crippen LogP contribution < -0.4 is 0 Å². The highest BCUT2D eigenvalue weighted by Crippen LogP contribution is 2.02. The second-order valence-corrected chi connectivity index (χ2v) is 2.97. The highest BCUT2D eigenvalue weighted by molar-refractivity contribution is 9.10. The van der Waals surface area contributed by atoms with Gasteiger partial charge in [0.1, 0.15) is 6.61 Å². The first kappa shape index (κ1) is 9.19. The van der Waals surface area contributed by atoms with E-state index in [2.05, 4.69) is 30.6 Å². The van der Waals surface area contributed by atoms with E-state index in [0.717, 1.165) is 17.6 Å². The van der Waals surface area contributed by atoms with Gasteiger partial charge in [-0.25, -0.2) is 0 Å². The van der Waals surface area contributed by atoms with Crippen LogP contribution in [0, 0.1) is 0 Å². The van der Waals surface area contributed by atoms with E-state index in [-0.39, 0.29) is 0 Å². The Labute approximate surface area is 79.6 Å². The first-order valence-electron chi connectivity index (χ1n) is 3.55. The van der Waals surface area contributed by atoms with Crippen LogP contribution in [0.2, 0.25) is 0 Å². The third kappa shape index (κ3) is 4.08. The minimum Gasteiger partial charge on any atom is -0.482 e. The van der Waals surface area contributed by atoms with Gasteiger partial charge in [-0.2, -0.15) is 0 Å². The lowest BCUT2D eigenvalue weighted by atomic mass is 10.5. The Morgan fingerprint density at radius 1 is 1.50 bits per heavy atom. The largest absolute Gasteiger partial charge is 0.482 e. The van der Waals surface area contributed by atoms with Gasteiger partial charge in [0.25, 0.3) is 0 Å². The first-order chi connectivity index (χ1) is 5.89. The number of nitrogens with zero attached hydrogens (tertiary/aromatic N) is 2. The fourth-order valence-corrected chi connectivity index (χ4v) is 0.876. The van der Waals surface area contributed by atoms with Crippen molar-refractivity contribution < 1.29 is 4.74 Å². The van der Waals surface area contributed by atoms with Crippen molar-refractivity contribution in [3.05, 3.63) is 29.0 Å². The maximum atomic E-state index is 4.65. The average Bonchev–Trinajstić information content (AvgIpc) is 2.62. The van der Waals surface area contributed by atoms with Crippen molar-refractivity contribution in [1.82, 2.24) is 4.98 Å². The Kier molecular flexibility index (Phi) is 4.37. The summed E-state index contributed by atoms with van der Waals surface area (Å²) in [6.07, 6.45) is 4.98. The van der Waals surface area contributed by atoms with Crippen molar-refractivity contribution in [3.8, 4) is 0 Å². The molecule has 0 aromatic carbocycles. The SMILES string of the molecule is Brc1cccnc1.C1=NCCO1. The van der Waals surface area contributed by atoms with Gasteiger partial charge in [-0.15, -0.1) is 0 Å². The summed E-state index contributed by atoms with van der Waals surface area (Å²) in [5, 5.41) is 0. The van der Waals surface area contributed by atoms with E-state index in [4.69, 9.17) is 0 Å². The summed E-state index contributed by atoms with van der Waals surface area (Å²) in [6.45, 7) is 1.62. The van der Waals surface area contributed by atoms with E-state index in [1.165, 1.54) is 6.40 Å². The van der Waals surface area contributed by atoms with Crippen LogP contribution in [-0.4, -0.2) is 24.5 Å². The Hall–Kier alpha value is -0.900. The molecule has 2 rings (SSSR count). The molecule has 0 N–H and O–H groups in total. The summed E-state index contributed by atoms with van der Waals surface area (Å²) in [4.78, 5) is 7.57. The molecule has 0 amide bonds. The molecule has 0 saturated carbocycles. The van der Waals surface area contributed by atoms with Gasteiger partial charge >= 0.3 is 0 Å². The number of pyridine rings is 1. The number of rotatable bonds is 0. The van der Waals surface area contributed by atoms with Crippen molar-refractivity contribution in [2.24, 2.45) is 4.99 Å². The molecule has 0 spiro atoms.